The largest absolute Gasteiger partial charge is 0.507 e. The van der Waals surface area contributed by atoms with Crippen LogP contribution in [0.5, 0.6) is 11.5 Å². The molecule has 0 spiro atoms. The smallest absolute Gasteiger partial charge is 0.125 e. The lowest BCUT2D eigenvalue weighted by atomic mass is 9.98. The standard InChI is InChI=1S/C36H51N3O4/c1-7-9-10-27(8-2)20-42-21-28(40)22-43-29-13-16-32(33(41)19-29)36-38-34(30-14-11-23(3)17-25(30)5)37-35(39-36)31-15-12-24(4)18-26(31)6/h11-19,27-28,34-41H,7-10,20-22H2,1-6H3. The van der Waals surface area contributed by atoms with Crippen molar-refractivity contribution in [2.24, 2.45) is 5.92 Å². The van der Waals surface area contributed by atoms with E-state index in [1.807, 2.05) is 12.1 Å². The summed E-state index contributed by atoms with van der Waals surface area (Å²) >= 11 is 0. The molecule has 0 aromatic heterocycles. The van der Waals surface area contributed by atoms with Gasteiger partial charge in [-0.15, -0.1) is 0 Å². The molecule has 4 unspecified atom stereocenters. The normalized spacial score (nSPS) is 20.1. The van der Waals surface area contributed by atoms with E-state index in [9.17, 15) is 10.2 Å². The molecule has 3 aromatic rings. The van der Waals surface area contributed by atoms with Crippen molar-refractivity contribution in [1.29, 1.82) is 0 Å². The number of aliphatic hydroxyl groups excluding tert-OH is 1. The number of phenolic OH excluding ortho intramolecular Hbond substituents is 1. The Labute approximate surface area is 258 Å². The molecule has 0 saturated carbocycles. The molecule has 234 valence electrons. The topological polar surface area (TPSA) is 95.0 Å². The third kappa shape index (κ3) is 9.03. The van der Waals surface area contributed by atoms with Gasteiger partial charge in [0.15, 0.2) is 0 Å². The fourth-order valence-corrected chi connectivity index (χ4v) is 5.85. The Bertz CT molecular complexity index is 1270. The van der Waals surface area contributed by atoms with E-state index in [1.165, 1.54) is 35.1 Å². The Kier molecular flexibility index (Phi) is 12.0. The van der Waals surface area contributed by atoms with Crippen molar-refractivity contribution in [2.75, 3.05) is 19.8 Å². The third-order valence-corrected chi connectivity index (χ3v) is 8.43. The van der Waals surface area contributed by atoms with Crippen LogP contribution in [0.15, 0.2) is 54.6 Å². The maximum absolute atomic E-state index is 11.1. The summed E-state index contributed by atoms with van der Waals surface area (Å²) in [6.45, 7) is 13.8. The maximum atomic E-state index is 11.1. The molecule has 1 fully saturated rings. The fraction of sp³-hybridized carbons (Fsp3) is 0.500. The number of hydrogen-bond acceptors (Lipinski definition) is 7. The molecule has 1 saturated heterocycles. The van der Waals surface area contributed by atoms with Crippen LogP contribution in [0.1, 0.15) is 97.0 Å². The van der Waals surface area contributed by atoms with Crippen LogP contribution < -0.4 is 20.7 Å². The van der Waals surface area contributed by atoms with Gasteiger partial charge in [0.05, 0.1) is 25.1 Å². The Hall–Kier alpha value is -2.94. The van der Waals surface area contributed by atoms with Gasteiger partial charge >= 0.3 is 0 Å². The van der Waals surface area contributed by atoms with E-state index in [0.717, 1.165) is 29.5 Å². The summed E-state index contributed by atoms with van der Waals surface area (Å²) in [5.74, 6) is 1.15. The molecule has 3 aromatic carbocycles. The molecule has 4 rings (SSSR count). The summed E-state index contributed by atoms with van der Waals surface area (Å²) in [6, 6.07) is 18.3. The van der Waals surface area contributed by atoms with Crippen molar-refractivity contribution in [1.82, 2.24) is 16.0 Å². The highest BCUT2D eigenvalue weighted by Gasteiger charge is 2.32. The molecule has 1 aliphatic heterocycles. The van der Waals surface area contributed by atoms with Crippen molar-refractivity contribution in [3.63, 3.8) is 0 Å². The zero-order valence-corrected chi connectivity index (χ0v) is 26.7. The second-order valence-corrected chi connectivity index (χ2v) is 12.2. The minimum absolute atomic E-state index is 0.0952. The van der Waals surface area contributed by atoms with Crippen LogP contribution in [0.3, 0.4) is 0 Å². The van der Waals surface area contributed by atoms with Crippen LogP contribution in [-0.2, 0) is 4.74 Å². The summed E-state index contributed by atoms with van der Waals surface area (Å²) in [5, 5.41) is 32.6. The monoisotopic (exact) mass is 589 g/mol. The molecular weight excluding hydrogens is 538 g/mol. The van der Waals surface area contributed by atoms with E-state index in [-0.39, 0.29) is 37.5 Å². The molecule has 43 heavy (non-hydrogen) atoms. The molecule has 0 amide bonds. The summed E-state index contributed by atoms with van der Waals surface area (Å²) in [6.07, 6.45) is 3.27. The van der Waals surface area contributed by atoms with Crippen LogP contribution in [0.4, 0.5) is 0 Å². The van der Waals surface area contributed by atoms with Gasteiger partial charge in [-0.2, -0.15) is 0 Å². The predicted molar refractivity (Wildman–Crippen MR) is 173 cm³/mol. The molecule has 1 heterocycles. The van der Waals surface area contributed by atoms with Crippen molar-refractivity contribution >= 4 is 0 Å². The van der Waals surface area contributed by atoms with E-state index in [1.54, 1.807) is 6.07 Å². The van der Waals surface area contributed by atoms with Gasteiger partial charge in [-0.05, 0) is 74.4 Å². The summed E-state index contributed by atoms with van der Waals surface area (Å²) in [5.41, 5.74) is 7.90. The third-order valence-electron chi connectivity index (χ3n) is 8.43. The number of rotatable bonds is 14. The molecule has 5 N–H and O–H groups in total. The summed E-state index contributed by atoms with van der Waals surface area (Å²) in [7, 11) is 0. The quantitative estimate of drug-likeness (QED) is 0.142. The number of aryl methyl sites for hydroxylation is 4. The van der Waals surface area contributed by atoms with E-state index in [4.69, 9.17) is 9.47 Å². The highest BCUT2D eigenvalue weighted by Crippen LogP contribution is 2.34. The molecule has 0 radical (unpaired) electrons. The number of aromatic hydroxyl groups is 1. The van der Waals surface area contributed by atoms with Gasteiger partial charge < -0.3 is 19.7 Å². The number of nitrogens with one attached hydrogen (secondary N) is 3. The van der Waals surface area contributed by atoms with Gasteiger partial charge in [0, 0.05) is 18.2 Å². The lowest BCUT2D eigenvalue weighted by Gasteiger charge is -2.40. The van der Waals surface area contributed by atoms with Gasteiger partial charge in [0.1, 0.15) is 24.2 Å². The van der Waals surface area contributed by atoms with Crippen LogP contribution >= 0.6 is 0 Å². The second kappa shape index (κ2) is 15.7. The molecule has 0 aliphatic carbocycles. The Morgan fingerprint density at radius 3 is 1.79 bits per heavy atom. The first kappa shape index (κ1) is 33.0. The summed E-state index contributed by atoms with van der Waals surface area (Å²) < 4.78 is 11.6. The zero-order valence-electron chi connectivity index (χ0n) is 26.7. The van der Waals surface area contributed by atoms with E-state index < -0.39 is 6.10 Å². The van der Waals surface area contributed by atoms with Crippen LogP contribution in [0.2, 0.25) is 0 Å². The first-order valence-corrected chi connectivity index (χ1v) is 15.8. The van der Waals surface area contributed by atoms with Crippen molar-refractivity contribution < 1.29 is 19.7 Å². The summed E-state index contributed by atoms with van der Waals surface area (Å²) in [4.78, 5) is 0. The average molecular weight is 590 g/mol. The van der Waals surface area contributed by atoms with E-state index in [0.29, 0.717) is 18.3 Å². The number of benzene rings is 3. The number of ether oxygens (including phenoxy) is 2. The lowest BCUT2D eigenvalue weighted by molar-refractivity contribution is -0.00112. The second-order valence-electron chi connectivity index (χ2n) is 12.2. The molecule has 4 atom stereocenters. The maximum Gasteiger partial charge on any atom is 0.125 e. The average Bonchev–Trinajstić information content (AvgIpc) is 2.97. The van der Waals surface area contributed by atoms with Gasteiger partial charge in [0.25, 0.3) is 0 Å². The minimum atomic E-state index is -0.740. The number of aliphatic hydroxyl groups is 1. The lowest BCUT2D eigenvalue weighted by Crippen LogP contribution is -2.54. The highest BCUT2D eigenvalue weighted by atomic mass is 16.5. The van der Waals surface area contributed by atoms with Crippen molar-refractivity contribution in [3.8, 4) is 11.5 Å². The molecule has 7 heteroatoms. The first-order chi connectivity index (χ1) is 20.7. The minimum Gasteiger partial charge on any atom is -0.507 e. The van der Waals surface area contributed by atoms with Gasteiger partial charge in [-0.1, -0.05) is 80.6 Å². The van der Waals surface area contributed by atoms with Crippen molar-refractivity contribution in [2.45, 2.75) is 91.8 Å². The van der Waals surface area contributed by atoms with E-state index >= 15 is 0 Å². The Morgan fingerprint density at radius 2 is 1.28 bits per heavy atom. The number of phenols is 1. The Balaban J connectivity index is 1.45. The number of hydrogen-bond donors (Lipinski definition) is 5. The highest BCUT2D eigenvalue weighted by molar-refractivity contribution is 5.43. The Morgan fingerprint density at radius 1 is 0.721 bits per heavy atom. The predicted octanol–water partition coefficient (Wildman–Crippen LogP) is 6.78. The fourth-order valence-electron chi connectivity index (χ4n) is 5.85. The number of unbranched alkanes of at least 4 members (excludes halogenated alkanes) is 1. The first-order valence-electron chi connectivity index (χ1n) is 15.8. The zero-order chi connectivity index (χ0) is 30.9. The van der Waals surface area contributed by atoms with Gasteiger partial charge in [-0.3, -0.25) is 16.0 Å². The molecule has 0 bridgehead atoms. The van der Waals surface area contributed by atoms with Crippen LogP contribution in [0.25, 0.3) is 0 Å². The van der Waals surface area contributed by atoms with Gasteiger partial charge in [0.2, 0.25) is 0 Å². The molecule has 7 nitrogen and oxygen atoms in total. The van der Waals surface area contributed by atoms with Crippen LogP contribution in [0, 0.1) is 33.6 Å². The van der Waals surface area contributed by atoms with E-state index in [2.05, 4.69) is 93.9 Å². The SMILES string of the molecule is CCCCC(CC)COCC(O)COc1ccc(C2NC(c3ccc(C)cc3C)NC(c3ccc(C)cc3C)N2)c(O)c1. The molecular formula is C36H51N3O4. The van der Waals surface area contributed by atoms with Gasteiger partial charge in [-0.25, -0.2) is 0 Å². The van der Waals surface area contributed by atoms with Crippen LogP contribution in [-0.4, -0.2) is 36.1 Å². The van der Waals surface area contributed by atoms with Crippen molar-refractivity contribution in [3.05, 3.63) is 93.5 Å². The molecule has 1 aliphatic rings.